The van der Waals surface area contributed by atoms with Crippen LogP contribution in [0.1, 0.15) is 33.6 Å². The van der Waals surface area contributed by atoms with Crippen molar-refractivity contribution in [2.24, 2.45) is 0 Å². The Labute approximate surface area is 188 Å². The van der Waals surface area contributed by atoms with E-state index in [4.69, 9.17) is 4.74 Å². The molecule has 6 heteroatoms. The van der Waals surface area contributed by atoms with E-state index in [0.717, 1.165) is 33.5 Å². The third kappa shape index (κ3) is 4.74. The second-order valence-electron chi connectivity index (χ2n) is 8.35. The van der Waals surface area contributed by atoms with Gasteiger partial charge in [0, 0.05) is 43.7 Å². The number of methoxy groups -OCH3 is 1. The molecule has 1 saturated heterocycles. The zero-order valence-electron chi connectivity index (χ0n) is 18.9. The SMILES string of the molecule is COc1ccc(CCC(=O)N2CCN(C(=O)c3cc(C)nc4ccc(C)cc34)CC2)cc1. The molecular formula is C26H29N3O3. The van der Waals surface area contributed by atoms with E-state index in [1.165, 1.54) is 0 Å². The molecule has 4 rings (SSSR count). The third-order valence-electron chi connectivity index (χ3n) is 6.03. The quantitative estimate of drug-likeness (QED) is 0.617. The van der Waals surface area contributed by atoms with Crippen LogP contribution in [0.5, 0.6) is 5.75 Å². The van der Waals surface area contributed by atoms with Crippen LogP contribution in [-0.4, -0.2) is 59.9 Å². The molecule has 0 atom stereocenters. The second-order valence-corrected chi connectivity index (χ2v) is 8.35. The van der Waals surface area contributed by atoms with Gasteiger partial charge in [-0.3, -0.25) is 14.6 Å². The fraction of sp³-hybridized carbons (Fsp3) is 0.346. The molecule has 1 aromatic heterocycles. The van der Waals surface area contributed by atoms with E-state index in [1.54, 1.807) is 7.11 Å². The topological polar surface area (TPSA) is 62.7 Å². The van der Waals surface area contributed by atoms with E-state index in [2.05, 4.69) is 4.98 Å². The monoisotopic (exact) mass is 431 g/mol. The fourth-order valence-corrected chi connectivity index (χ4v) is 4.18. The van der Waals surface area contributed by atoms with Crippen LogP contribution in [0.2, 0.25) is 0 Å². The number of carbonyl (C=O) groups excluding carboxylic acids is 2. The minimum Gasteiger partial charge on any atom is -0.497 e. The van der Waals surface area contributed by atoms with Crippen molar-refractivity contribution in [1.29, 1.82) is 0 Å². The predicted octanol–water partition coefficient (Wildman–Crippen LogP) is 3.78. The van der Waals surface area contributed by atoms with Crippen molar-refractivity contribution in [3.63, 3.8) is 0 Å². The Morgan fingerprint density at radius 1 is 0.938 bits per heavy atom. The van der Waals surface area contributed by atoms with E-state index in [-0.39, 0.29) is 11.8 Å². The number of piperazine rings is 1. The number of hydrogen-bond acceptors (Lipinski definition) is 4. The molecule has 2 amide bonds. The number of pyridine rings is 1. The Morgan fingerprint density at radius 3 is 2.31 bits per heavy atom. The normalized spacial score (nSPS) is 14.0. The van der Waals surface area contributed by atoms with Crippen LogP contribution in [0.3, 0.4) is 0 Å². The van der Waals surface area contributed by atoms with Crippen LogP contribution in [0.4, 0.5) is 0 Å². The fourth-order valence-electron chi connectivity index (χ4n) is 4.18. The lowest BCUT2D eigenvalue weighted by atomic mass is 10.0. The molecule has 1 aliphatic heterocycles. The number of carbonyl (C=O) groups is 2. The summed E-state index contributed by atoms with van der Waals surface area (Å²) in [6, 6.07) is 15.7. The molecule has 166 valence electrons. The van der Waals surface area contributed by atoms with Crippen molar-refractivity contribution in [3.8, 4) is 5.75 Å². The van der Waals surface area contributed by atoms with Gasteiger partial charge in [-0.25, -0.2) is 0 Å². The maximum absolute atomic E-state index is 13.3. The number of hydrogen-bond donors (Lipinski definition) is 0. The maximum Gasteiger partial charge on any atom is 0.254 e. The van der Waals surface area contributed by atoms with Gasteiger partial charge < -0.3 is 14.5 Å². The van der Waals surface area contributed by atoms with E-state index in [0.29, 0.717) is 44.6 Å². The minimum atomic E-state index is 0.0106. The molecule has 0 radical (unpaired) electrons. The molecule has 3 aromatic rings. The van der Waals surface area contributed by atoms with Crippen LogP contribution >= 0.6 is 0 Å². The number of aromatic nitrogens is 1. The molecular weight excluding hydrogens is 402 g/mol. The van der Waals surface area contributed by atoms with Crippen LogP contribution in [0.15, 0.2) is 48.5 Å². The summed E-state index contributed by atoms with van der Waals surface area (Å²) in [7, 11) is 1.64. The summed E-state index contributed by atoms with van der Waals surface area (Å²) in [5.74, 6) is 0.957. The highest BCUT2D eigenvalue weighted by Crippen LogP contribution is 2.22. The number of fused-ring (bicyclic) bond motifs is 1. The maximum atomic E-state index is 13.3. The molecule has 0 bridgehead atoms. The van der Waals surface area contributed by atoms with Crippen molar-refractivity contribution >= 4 is 22.7 Å². The van der Waals surface area contributed by atoms with Gasteiger partial charge in [0.2, 0.25) is 5.91 Å². The molecule has 0 N–H and O–H groups in total. The molecule has 0 aliphatic carbocycles. The Balaban J connectivity index is 1.37. The third-order valence-corrected chi connectivity index (χ3v) is 6.03. The average Bonchev–Trinajstić information content (AvgIpc) is 2.82. The number of nitrogens with zero attached hydrogens (tertiary/aromatic N) is 3. The summed E-state index contributed by atoms with van der Waals surface area (Å²) >= 11 is 0. The number of aryl methyl sites for hydroxylation is 3. The molecule has 32 heavy (non-hydrogen) atoms. The summed E-state index contributed by atoms with van der Waals surface area (Å²) in [5, 5.41) is 0.888. The second kappa shape index (κ2) is 9.39. The lowest BCUT2D eigenvalue weighted by Crippen LogP contribution is -2.50. The summed E-state index contributed by atoms with van der Waals surface area (Å²) in [4.78, 5) is 34.3. The molecule has 2 heterocycles. The van der Waals surface area contributed by atoms with Gasteiger partial charge in [0.25, 0.3) is 5.91 Å². The van der Waals surface area contributed by atoms with E-state index >= 15 is 0 Å². The molecule has 6 nitrogen and oxygen atoms in total. The Hall–Kier alpha value is -3.41. The molecule has 0 unspecified atom stereocenters. The van der Waals surface area contributed by atoms with Crippen LogP contribution < -0.4 is 4.74 Å². The molecule has 1 fully saturated rings. The van der Waals surface area contributed by atoms with Crippen molar-refractivity contribution in [2.45, 2.75) is 26.7 Å². The number of benzene rings is 2. The zero-order valence-corrected chi connectivity index (χ0v) is 18.9. The van der Waals surface area contributed by atoms with Crippen molar-refractivity contribution in [1.82, 2.24) is 14.8 Å². The summed E-state index contributed by atoms with van der Waals surface area (Å²) in [5.41, 5.74) is 4.58. The van der Waals surface area contributed by atoms with E-state index in [1.807, 2.05) is 72.2 Å². The largest absolute Gasteiger partial charge is 0.497 e. The Bertz CT molecular complexity index is 1130. The highest BCUT2D eigenvalue weighted by molar-refractivity contribution is 6.06. The van der Waals surface area contributed by atoms with Gasteiger partial charge in [0.15, 0.2) is 0 Å². The smallest absolute Gasteiger partial charge is 0.254 e. The summed E-state index contributed by atoms with van der Waals surface area (Å²) in [6.45, 7) is 6.14. The van der Waals surface area contributed by atoms with Gasteiger partial charge in [-0.1, -0.05) is 23.8 Å². The standard InChI is InChI=1S/C26H29N3O3/c1-18-4-10-24-22(16-18)23(17-19(2)27-24)26(31)29-14-12-28(13-15-29)25(30)11-7-20-5-8-21(32-3)9-6-20/h4-6,8-10,16-17H,7,11-15H2,1-3H3. The molecule has 0 saturated carbocycles. The lowest BCUT2D eigenvalue weighted by molar-refractivity contribution is -0.132. The van der Waals surface area contributed by atoms with Gasteiger partial charge in [0.1, 0.15) is 5.75 Å². The van der Waals surface area contributed by atoms with Gasteiger partial charge in [0.05, 0.1) is 18.2 Å². The summed E-state index contributed by atoms with van der Waals surface area (Å²) < 4.78 is 5.18. The number of rotatable bonds is 5. The Morgan fingerprint density at radius 2 is 1.62 bits per heavy atom. The lowest BCUT2D eigenvalue weighted by Gasteiger charge is -2.35. The molecule has 2 aromatic carbocycles. The van der Waals surface area contributed by atoms with E-state index in [9.17, 15) is 9.59 Å². The van der Waals surface area contributed by atoms with Crippen LogP contribution in [0.25, 0.3) is 10.9 Å². The van der Waals surface area contributed by atoms with Gasteiger partial charge in [-0.05, 0) is 56.2 Å². The first-order valence-corrected chi connectivity index (χ1v) is 11.0. The van der Waals surface area contributed by atoms with Gasteiger partial charge >= 0.3 is 0 Å². The van der Waals surface area contributed by atoms with Crippen LogP contribution in [-0.2, 0) is 11.2 Å². The average molecular weight is 432 g/mol. The number of amides is 2. The van der Waals surface area contributed by atoms with Crippen molar-refractivity contribution < 1.29 is 14.3 Å². The Kier molecular flexibility index (Phi) is 6.40. The molecule has 0 spiro atoms. The first-order chi connectivity index (χ1) is 15.4. The van der Waals surface area contributed by atoms with Crippen LogP contribution in [0, 0.1) is 13.8 Å². The first-order valence-electron chi connectivity index (χ1n) is 11.0. The predicted molar refractivity (Wildman–Crippen MR) is 125 cm³/mol. The summed E-state index contributed by atoms with van der Waals surface area (Å²) in [6.07, 6.45) is 1.16. The first kappa shape index (κ1) is 21.8. The highest BCUT2D eigenvalue weighted by Gasteiger charge is 2.26. The van der Waals surface area contributed by atoms with Crippen molar-refractivity contribution in [2.75, 3.05) is 33.3 Å². The zero-order chi connectivity index (χ0) is 22.7. The number of ether oxygens (including phenoxy) is 1. The minimum absolute atomic E-state index is 0.0106. The van der Waals surface area contributed by atoms with E-state index < -0.39 is 0 Å². The van der Waals surface area contributed by atoms with Gasteiger partial charge in [-0.2, -0.15) is 0 Å². The van der Waals surface area contributed by atoms with Gasteiger partial charge in [-0.15, -0.1) is 0 Å². The highest BCUT2D eigenvalue weighted by atomic mass is 16.5. The van der Waals surface area contributed by atoms with Crippen molar-refractivity contribution in [3.05, 3.63) is 70.9 Å². The molecule has 1 aliphatic rings.